The van der Waals surface area contributed by atoms with Gasteiger partial charge in [0.15, 0.2) is 17.2 Å². The van der Waals surface area contributed by atoms with Crippen molar-refractivity contribution in [2.24, 2.45) is 0 Å². The van der Waals surface area contributed by atoms with Crippen LogP contribution in [-0.4, -0.2) is 37.1 Å². The maximum Gasteiger partial charge on any atom is 0.222 e. The fourth-order valence-corrected chi connectivity index (χ4v) is 3.45. The third-order valence-electron chi connectivity index (χ3n) is 5.03. The van der Waals surface area contributed by atoms with Crippen molar-refractivity contribution in [3.63, 3.8) is 0 Å². The summed E-state index contributed by atoms with van der Waals surface area (Å²) in [5.41, 5.74) is 0.882. The first kappa shape index (κ1) is 21.6. The molecular formula is C22H20F2N4O4. The number of Topliss-reactive ketones (excluding diaryl/α,β-unsaturated/α-hetero) is 1. The molecule has 1 N–H and O–H groups in total. The Bertz CT molecular complexity index is 1260. The third-order valence-corrected chi connectivity index (χ3v) is 5.03. The molecule has 0 unspecified atom stereocenters. The van der Waals surface area contributed by atoms with Crippen LogP contribution in [0.2, 0.25) is 0 Å². The number of carbonyl (C=O) groups excluding carboxylic acids is 1. The molecule has 0 aliphatic carbocycles. The number of halogens is 2. The van der Waals surface area contributed by atoms with Gasteiger partial charge >= 0.3 is 0 Å². The van der Waals surface area contributed by atoms with E-state index in [1.54, 1.807) is 36.6 Å². The van der Waals surface area contributed by atoms with Crippen molar-refractivity contribution in [2.75, 3.05) is 6.61 Å². The molecule has 0 fully saturated rings. The Morgan fingerprint density at radius 1 is 1.19 bits per heavy atom. The number of carbonyl (C=O) groups is 1. The minimum absolute atomic E-state index is 0.0711. The van der Waals surface area contributed by atoms with Gasteiger partial charge in [-0.05, 0) is 31.2 Å². The van der Waals surface area contributed by atoms with Gasteiger partial charge in [-0.25, -0.2) is 13.8 Å². The number of benzene rings is 1. The van der Waals surface area contributed by atoms with Gasteiger partial charge in [0.2, 0.25) is 11.8 Å². The summed E-state index contributed by atoms with van der Waals surface area (Å²) in [4.78, 5) is 17.5. The second-order valence-corrected chi connectivity index (χ2v) is 7.27. The molecule has 10 heteroatoms. The second-order valence-electron chi connectivity index (χ2n) is 7.27. The molecular weight excluding hydrogens is 422 g/mol. The zero-order valence-corrected chi connectivity index (χ0v) is 17.4. The molecule has 3 aromatic heterocycles. The number of nitrogens with zero attached hydrogens (tertiary/aromatic N) is 4. The molecule has 32 heavy (non-hydrogen) atoms. The molecule has 0 bridgehead atoms. The molecule has 0 radical (unpaired) electrons. The lowest BCUT2D eigenvalue weighted by atomic mass is 10.0. The lowest BCUT2D eigenvalue weighted by molar-refractivity contribution is 0.0946. The van der Waals surface area contributed by atoms with E-state index in [2.05, 4.69) is 15.2 Å². The van der Waals surface area contributed by atoms with Gasteiger partial charge in [-0.3, -0.25) is 9.20 Å². The number of imidazole rings is 1. The van der Waals surface area contributed by atoms with Crippen molar-refractivity contribution in [3.05, 3.63) is 76.9 Å². The van der Waals surface area contributed by atoms with Gasteiger partial charge in [0.05, 0.1) is 23.8 Å². The first-order valence-electron chi connectivity index (χ1n) is 9.86. The molecule has 1 atom stereocenters. The summed E-state index contributed by atoms with van der Waals surface area (Å²) in [6.45, 7) is 2.61. The smallest absolute Gasteiger partial charge is 0.222 e. The summed E-state index contributed by atoms with van der Waals surface area (Å²) in [5.74, 6) is -1.58. The van der Waals surface area contributed by atoms with E-state index in [0.29, 0.717) is 22.9 Å². The summed E-state index contributed by atoms with van der Waals surface area (Å²) < 4.78 is 40.4. The Kier molecular flexibility index (Phi) is 5.95. The summed E-state index contributed by atoms with van der Waals surface area (Å²) in [5, 5.41) is 17.3. The topological polar surface area (TPSA) is 103 Å². The average Bonchev–Trinajstić information content (AvgIpc) is 3.34. The standard InChI is InChI=1S/C22H20F2N4O4/c1-12-20(18(30)9-14(10-29)22-27-26-13(2)32-22)28-8-4-7-19(21(28)25-12)31-11-15-16(23)5-3-6-17(15)24/h3-8,14,29H,9-11H2,1-2H3/t14-/m0/s1. The van der Waals surface area contributed by atoms with Gasteiger partial charge in [0.25, 0.3) is 0 Å². The molecule has 4 rings (SSSR count). The number of rotatable bonds is 8. The van der Waals surface area contributed by atoms with Crippen LogP contribution in [0.3, 0.4) is 0 Å². The predicted octanol–water partition coefficient (Wildman–Crippen LogP) is 3.54. The van der Waals surface area contributed by atoms with Crippen LogP contribution in [-0.2, 0) is 6.61 Å². The molecule has 8 nitrogen and oxygen atoms in total. The van der Waals surface area contributed by atoms with Gasteiger partial charge in [-0.2, -0.15) is 0 Å². The van der Waals surface area contributed by atoms with Crippen LogP contribution in [0.15, 0.2) is 40.9 Å². The Hall–Kier alpha value is -3.66. The molecule has 4 aromatic rings. The van der Waals surface area contributed by atoms with Crippen molar-refractivity contribution in [1.29, 1.82) is 0 Å². The van der Waals surface area contributed by atoms with Gasteiger partial charge in [-0.1, -0.05) is 6.07 Å². The molecule has 0 saturated carbocycles. The number of hydrogen-bond donors (Lipinski definition) is 1. The highest BCUT2D eigenvalue weighted by Gasteiger charge is 2.26. The number of aliphatic hydroxyl groups excluding tert-OH is 1. The fraction of sp³-hybridized carbons (Fsp3) is 0.273. The minimum atomic E-state index is -0.710. The first-order valence-corrected chi connectivity index (χ1v) is 9.86. The molecule has 3 heterocycles. The van der Waals surface area contributed by atoms with E-state index in [4.69, 9.17) is 9.15 Å². The van der Waals surface area contributed by atoms with Gasteiger partial charge in [0, 0.05) is 19.5 Å². The molecule has 1 aromatic carbocycles. The largest absolute Gasteiger partial charge is 0.485 e. The number of aromatic nitrogens is 4. The number of hydrogen-bond acceptors (Lipinski definition) is 7. The third kappa shape index (κ3) is 4.09. The fourth-order valence-electron chi connectivity index (χ4n) is 3.45. The van der Waals surface area contributed by atoms with E-state index < -0.39 is 17.6 Å². The number of aliphatic hydroxyl groups is 1. The number of aryl methyl sites for hydroxylation is 2. The van der Waals surface area contributed by atoms with Crippen molar-refractivity contribution in [1.82, 2.24) is 19.6 Å². The highest BCUT2D eigenvalue weighted by atomic mass is 19.1. The second kappa shape index (κ2) is 8.83. The minimum Gasteiger partial charge on any atom is -0.485 e. The summed E-state index contributed by atoms with van der Waals surface area (Å²) in [6, 6.07) is 6.83. The Balaban J connectivity index is 1.61. The number of pyridine rings is 1. The lowest BCUT2D eigenvalue weighted by Gasteiger charge is -2.11. The van der Waals surface area contributed by atoms with Crippen LogP contribution in [0.1, 0.15) is 45.9 Å². The summed E-state index contributed by atoms with van der Waals surface area (Å²) in [6.07, 6.45) is 1.57. The quantitative estimate of drug-likeness (QED) is 0.416. The van der Waals surface area contributed by atoms with Crippen molar-refractivity contribution >= 4 is 11.4 Å². The molecule has 166 valence electrons. The zero-order chi connectivity index (χ0) is 22.8. The van der Waals surface area contributed by atoms with Crippen LogP contribution in [0, 0.1) is 25.5 Å². The van der Waals surface area contributed by atoms with Crippen LogP contribution < -0.4 is 4.74 Å². The Labute approximate surface area is 181 Å². The zero-order valence-electron chi connectivity index (χ0n) is 17.4. The number of ether oxygens (including phenoxy) is 1. The van der Waals surface area contributed by atoms with Crippen molar-refractivity contribution < 1.29 is 27.8 Å². The molecule has 0 spiro atoms. The van der Waals surface area contributed by atoms with E-state index in [1.807, 2.05) is 0 Å². The highest BCUT2D eigenvalue weighted by molar-refractivity contribution is 5.97. The van der Waals surface area contributed by atoms with E-state index in [1.165, 1.54) is 6.07 Å². The maximum absolute atomic E-state index is 13.9. The normalized spacial score (nSPS) is 12.3. The summed E-state index contributed by atoms with van der Waals surface area (Å²) in [7, 11) is 0. The van der Waals surface area contributed by atoms with Gasteiger partial charge < -0.3 is 14.3 Å². The first-order chi connectivity index (χ1) is 15.4. The van der Waals surface area contributed by atoms with Crippen molar-refractivity contribution in [3.8, 4) is 5.75 Å². The van der Waals surface area contributed by atoms with Crippen LogP contribution >= 0.6 is 0 Å². The van der Waals surface area contributed by atoms with E-state index in [-0.39, 0.29) is 42.6 Å². The molecule has 0 saturated heterocycles. The maximum atomic E-state index is 13.9. The Morgan fingerprint density at radius 2 is 1.94 bits per heavy atom. The summed E-state index contributed by atoms with van der Waals surface area (Å²) >= 11 is 0. The number of ketones is 1. The average molecular weight is 442 g/mol. The SMILES string of the molecule is Cc1nnc([C@H](CO)CC(=O)c2c(C)nc3c(OCc4c(F)cccc4F)cccn23)o1. The van der Waals surface area contributed by atoms with Crippen LogP contribution in [0.4, 0.5) is 8.78 Å². The van der Waals surface area contributed by atoms with E-state index in [0.717, 1.165) is 12.1 Å². The number of fused-ring (bicyclic) bond motifs is 1. The van der Waals surface area contributed by atoms with Crippen LogP contribution in [0.25, 0.3) is 5.65 Å². The molecule has 0 aliphatic rings. The molecule has 0 aliphatic heterocycles. The Morgan fingerprint density at radius 3 is 2.59 bits per heavy atom. The van der Waals surface area contributed by atoms with E-state index >= 15 is 0 Å². The molecule has 0 amide bonds. The van der Waals surface area contributed by atoms with E-state index in [9.17, 15) is 18.7 Å². The monoisotopic (exact) mass is 442 g/mol. The van der Waals surface area contributed by atoms with Gasteiger partial charge in [0.1, 0.15) is 23.9 Å². The van der Waals surface area contributed by atoms with Crippen LogP contribution in [0.5, 0.6) is 5.75 Å². The highest BCUT2D eigenvalue weighted by Crippen LogP contribution is 2.27. The predicted molar refractivity (Wildman–Crippen MR) is 108 cm³/mol. The van der Waals surface area contributed by atoms with Crippen molar-refractivity contribution in [2.45, 2.75) is 32.8 Å². The lowest BCUT2D eigenvalue weighted by Crippen LogP contribution is -2.14. The van der Waals surface area contributed by atoms with Gasteiger partial charge in [-0.15, -0.1) is 10.2 Å².